The van der Waals surface area contributed by atoms with Crippen LogP contribution in [0.4, 0.5) is 5.82 Å². The van der Waals surface area contributed by atoms with E-state index >= 15 is 0 Å². The fourth-order valence-electron chi connectivity index (χ4n) is 1.40. The zero-order valence-electron chi connectivity index (χ0n) is 9.07. The van der Waals surface area contributed by atoms with E-state index in [-0.39, 0.29) is 6.04 Å². The van der Waals surface area contributed by atoms with Gasteiger partial charge in [0.25, 0.3) is 0 Å². The Balaban J connectivity index is 2.58. The van der Waals surface area contributed by atoms with Gasteiger partial charge in [0, 0.05) is 12.6 Å². The molecule has 3 N–H and O–H groups in total. The van der Waals surface area contributed by atoms with Crippen LogP contribution in [0.15, 0.2) is 12.4 Å². The van der Waals surface area contributed by atoms with E-state index in [1.54, 1.807) is 6.20 Å². The van der Waals surface area contributed by atoms with Gasteiger partial charge in [-0.05, 0) is 12.3 Å². The number of anilines is 1. The summed E-state index contributed by atoms with van der Waals surface area (Å²) in [6.45, 7) is 4.90. The first-order valence-corrected chi connectivity index (χ1v) is 5.43. The molecule has 0 aromatic carbocycles. The van der Waals surface area contributed by atoms with Gasteiger partial charge in [0.1, 0.15) is 11.0 Å². The summed E-state index contributed by atoms with van der Waals surface area (Å²) in [6.07, 6.45) is 4.16. The minimum absolute atomic E-state index is 0.220. The Hall–Kier alpha value is -0.870. The molecule has 0 saturated heterocycles. The van der Waals surface area contributed by atoms with Crippen molar-refractivity contribution in [2.45, 2.75) is 26.3 Å². The zero-order chi connectivity index (χ0) is 11.3. The molecule has 0 aliphatic carbocycles. The summed E-state index contributed by atoms with van der Waals surface area (Å²) in [4.78, 5) is 8.06. The van der Waals surface area contributed by atoms with E-state index in [0.717, 1.165) is 6.42 Å². The Morgan fingerprint density at radius 1 is 1.47 bits per heavy atom. The lowest BCUT2D eigenvalue weighted by Gasteiger charge is -2.18. The second kappa shape index (κ2) is 5.88. The maximum Gasteiger partial charge on any atom is 0.149 e. The molecule has 0 amide bonds. The van der Waals surface area contributed by atoms with Crippen molar-refractivity contribution in [1.29, 1.82) is 0 Å². The fourth-order valence-corrected chi connectivity index (χ4v) is 1.55. The van der Waals surface area contributed by atoms with Crippen LogP contribution in [0.1, 0.15) is 20.3 Å². The van der Waals surface area contributed by atoms with Crippen LogP contribution in [-0.4, -0.2) is 22.6 Å². The molecule has 15 heavy (non-hydrogen) atoms. The predicted molar refractivity (Wildman–Crippen MR) is 63.0 cm³/mol. The normalized spacial score (nSPS) is 12.9. The van der Waals surface area contributed by atoms with Gasteiger partial charge in [-0.25, -0.2) is 4.98 Å². The molecule has 84 valence electrons. The van der Waals surface area contributed by atoms with Crippen LogP contribution in [0.5, 0.6) is 0 Å². The molecule has 0 radical (unpaired) electrons. The van der Waals surface area contributed by atoms with Crippen LogP contribution in [0, 0.1) is 5.92 Å². The van der Waals surface area contributed by atoms with Gasteiger partial charge >= 0.3 is 0 Å². The molecule has 1 aromatic heterocycles. The maximum atomic E-state index is 5.73. The number of nitrogens with one attached hydrogen (secondary N) is 1. The van der Waals surface area contributed by atoms with E-state index in [1.807, 2.05) is 0 Å². The average molecular weight is 229 g/mol. The molecule has 0 aliphatic heterocycles. The minimum atomic E-state index is 0.220. The van der Waals surface area contributed by atoms with E-state index in [1.165, 1.54) is 6.20 Å². The van der Waals surface area contributed by atoms with E-state index in [9.17, 15) is 0 Å². The number of rotatable bonds is 5. The van der Waals surface area contributed by atoms with Crippen LogP contribution in [-0.2, 0) is 0 Å². The second-order valence-corrected chi connectivity index (χ2v) is 4.32. The molecule has 1 heterocycles. The van der Waals surface area contributed by atoms with Crippen LogP contribution in [0.3, 0.4) is 0 Å². The largest absolute Gasteiger partial charge is 0.365 e. The molecule has 0 aliphatic rings. The molecule has 1 unspecified atom stereocenters. The molecule has 0 spiro atoms. The van der Waals surface area contributed by atoms with Crippen molar-refractivity contribution >= 4 is 17.4 Å². The van der Waals surface area contributed by atoms with Gasteiger partial charge in [0.15, 0.2) is 0 Å². The van der Waals surface area contributed by atoms with E-state index in [2.05, 4.69) is 29.1 Å². The summed E-state index contributed by atoms with van der Waals surface area (Å²) in [6, 6.07) is 0.220. The zero-order valence-corrected chi connectivity index (χ0v) is 9.83. The van der Waals surface area contributed by atoms with Gasteiger partial charge in [-0.1, -0.05) is 25.4 Å². The first kappa shape index (κ1) is 12.2. The third-order valence-electron chi connectivity index (χ3n) is 2.00. The predicted octanol–water partition coefficient (Wildman–Crippen LogP) is 1.92. The third-order valence-corrected chi connectivity index (χ3v) is 2.18. The maximum absolute atomic E-state index is 5.73. The SMILES string of the molecule is CC(C)CC(CN)Nc1cncc(Cl)n1. The van der Waals surface area contributed by atoms with Crippen LogP contribution in [0.2, 0.25) is 5.15 Å². The lowest BCUT2D eigenvalue weighted by molar-refractivity contribution is 0.521. The van der Waals surface area contributed by atoms with Crippen molar-refractivity contribution < 1.29 is 0 Å². The summed E-state index contributed by atoms with van der Waals surface area (Å²) < 4.78 is 0. The highest BCUT2D eigenvalue weighted by Crippen LogP contribution is 2.11. The molecule has 1 rings (SSSR count). The highest BCUT2D eigenvalue weighted by atomic mass is 35.5. The molecule has 0 bridgehead atoms. The van der Waals surface area contributed by atoms with Gasteiger partial charge in [-0.2, -0.15) is 0 Å². The number of nitrogens with two attached hydrogens (primary N) is 1. The highest BCUT2D eigenvalue weighted by Gasteiger charge is 2.09. The number of nitrogens with zero attached hydrogens (tertiary/aromatic N) is 2. The smallest absolute Gasteiger partial charge is 0.149 e. The fraction of sp³-hybridized carbons (Fsp3) is 0.600. The Kier molecular flexibility index (Phi) is 4.78. The van der Waals surface area contributed by atoms with Crippen LogP contribution in [0.25, 0.3) is 0 Å². The van der Waals surface area contributed by atoms with Gasteiger partial charge < -0.3 is 11.1 Å². The highest BCUT2D eigenvalue weighted by molar-refractivity contribution is 6.29. The first-order chi connectivity index (χ1) is 7.11. The van der Waals surface area contributed by atoms with E-state index < -0.39 is 0 Å². The second-order valence-electron chi connectivity index (χ2n) is 3.93. The monoisotopic (exact) mass is 228 g/mol. The minimum Gasteiger partial charge on any atom is -0.365 e. The quantitative estimate of drug-likeness (QED) is 0.808. The van der Waals surface area contributed by atoms with Crippen LogP contribution < -0.4 is 11.1 Å². The van der Waals surface area contributed by atoms with Crippen molar-refractivity contribution in [3.63, 3.8) is 0 Å². The Bertz CT molecular complexity index is 303. The number of halogens is 1. The number of aromatic nitrogens is 2. The van der Waals surface area contributed by atoms with Crippen molar-refractivity contribution in [1.82, 2.24) is 9.97 Å². The van der Waals surface area contributed by atoms with Crippen molar-refractivity contribution in [3.8, 4) is 0 Å². The van der Waals surface area contributed by atoms with E-state index in [0.29, 0.717) is 23.4 Å². The van der Waals surface area contributed by atoms with Gasteiger partial charge in [0.2, 0.25) is 0 Å². The molecule has 1 atom stereocenters. The molecule has 0 fully saturated rings. The average Bonchev–Trinajstić information content (AvgIpc) is 2.16. The van der Waals surface area contributed by atoms with E-state index in [4.69, 9.17) is 17.3 Å². The molecular formula is C10H17ClN4. The standard InChI is InChI=1S/C10H17ClN4/c1-7(2)3-8(4-12)14-10-6-13-5-9(11)15-10/h5-8H,3-4,12H2,1-2H3,(H,14,15). The summed E-state index contributed by atoms with van der Waals surface area (Å²) in [5.41, 5.74) is 5.66. The van der Waals surface area contributed by atoms with Gasteiger partial charge in [-0.15, -0.1) is 0 Å². The summed E-state index contributed by atoms with van der Waals surface area (Å²) >= 11 is 5.73. The topological polar surface area (TPSA) is 63.8 Å². The van der Waals surface area contributed by atoms with Gasteiger partial charge in [-0.3, -0.25) is 4.98 Å². The Labute approximate surface area is 95.3 Å². The Morgan fingerprint density at radius 2 is 2.20 bits per heavy atom. The molecular weight excluding hydrogens is 212 g/mol. The lowest BCUT2D eigenvalue weighted by atomic mass is 10.0. The summed E-state index contributed by atoms with van der Waals surface area (Å²) in [7, 11) is 0. The lowest BCUT2D eigenvalue weighted by Crippen LogP contribution is -2.30. The number of hydrogen-bond donors (Lipinski definition) is 2. The van der Waals surface area contributed by atoms with Crippen LogP contribution >= 0.6 is 11.6 Å². The molecule has 4 nitrogen and oxygen atoms in total. The first-order valence-electron chi connectivity index (χ1n) is 5.06. The molecule has 1 aromatic rings. The molecule has 0 saturated carbocycles. The van der Waals surface area contributed by atoms with Gasteiger partial charge in [0.05, 0.1) is 12.4 Å². The van der Waals surface area contributed by atoms with Crippen molar-refractivity contribution in [2.24, 2.45) is 11.7 Å². The third kappa shape index (κ3) is 4.44. The summed E-state index contributed by atoms with van der Waals surface area (Å²) in [5, 5.41) is 3.61. The summed E-state index contributed by atoms with van der Waals surface area (Å²) in [5.74, 6) is 1.27. The Morgan fingerprint density at radius 3 is 2.73 bits per heavy atom. The molecule has 5 heteroatoms. The van der Waals surface area contributed by atoms with Crippen molar-refractivity contribution in [2.75, 3.05) is 11.9 Å². The number of hydrogen-bond acceptors (Lipinski definition) is 4. The van der Waals surface area contributed by atoms with Crippen molar-refractivity contribution in [3.05, 3.63) is 17.5 Å².